The number of likely N-dealkylation sites (tertiary alicyclic amines) is 1. The van der Waals surface area contributed by atoms with E-state index in [0.717, 1.165) is 31.7 Å². The van der Waals surface area contributed by atoms with E-state index < -0.39 is 0 Å². The van der Waals surface area contributed by atoms with Gasteiger partial charge in [-0.3, -0.25) is 4.79 Å². The molecule has 2 rings (SSSR count). The van der Waals surface area contributed by atoms with Crippen LogP contribution < -0.4 is 10.5 Å². The fourth-order valence-electron chi connectivity index (χ4n) is 2.15. The third-order valence-corrected chi connectivity index (χ3v) is 3.24. The first kappa shape index (κ1) is 15.8. The first-order valence-corrected chi connectivity index (χ1v) is 6.48. The molecule has 1 fully saturated rings. The van der Waals surface area contributed by atoms with E-state index in [0.29, 0.717) is 12.2 Å². The molecule has 1 aromatic rings. The third-order valence-electron chi connectivity index (χ3n) is 3.24. The molecule has 5 heteroatoms. The van der Waals surface area contributed by atoms with Crippen molar-refractivity contribution >= 4 is 18.3 Å². The highest BCUT2D eigenvalue weighted by Crippen LogP contribution is 2.16. The standard InChI is InChI=1S/C14H20N2O2.ClH/c1-2-18-13-5-3-11(4-6-13)14(17)16-9-7-12(15)8-10-16;/h3-6,12H,2,7-10,15H2,1H3;1H. The number of halogens is 1. The number of nitrogens with zero attached hydrogens (tertiary/aromatic N) is 1. The molecule has 106 valence electrons. The summed E-state index contributed by atoms with van der Waals surface area (Å²) in [5.74, 6) is 0.889. The van der Waals surface area contributed by atoms with E-state index in [1.165, 1.54) is 0 Å². The fraction of sp³-hybridized carbons (Fsp3) is 0.500. The van der Waals surface area contributed by atoms with Gasteiger partial charge in [0.25, 0.3) is 5.91 Å². The molecule has 2 N–H and O–H groups in total. The van der Waals surface area contributed by atoms with Gasteiger partial charge in [-0.05, 0) is 44.0 Å². The number of amides is 1. The molecule has 1 saturated heterocycles. The Kier molecular flexibility index (Phi) is 6.12. The minimum Gasteiger partial charge on any atom is -0.494 e. The summed E-state index contributed by atoms with van der Waals surface area (Å²) in [7, 11) is 0. The molecule has 0 atom stereocenters. The maximum absolute atomic E-state index is 12.2. The van der Waals surface area contributed by atoms with Gasteiger partial charge in [-0.25, -0.2) is 0 Å². The van der Waals surface area contributed by atoms with Gasteiger partial charge in [0, 0.05) is 24.7 Å². The van der Waals surface area contributed by atoms with Gasteiger partial charge in [0.15, 0.2) is 0 Å². The molecule has 0 unspecified atom stereocenters. The van der Waals surface area contributed by atoms with Crippen LogP contribution in [0.2, 0.25) is 0 Å². The maximum Gasteiger partial charge on any atom is 0.253 e. The maximum atomic E-state index is 12.2. The molecule has 0 radical (unpaired) electrons. The van der Waals surface area contributed by atoms with E-state index in [2.05, 4.69) is 0 Å². The smallest absolute Gasteiger partial charge is 0.253 e. The molecule has 0 aromatic heterocycles. The molecular weight excluding hydrogens is 264 g/mol. The van der Waals surface area contributed by atoms with Gasteiger partial charge in [0.1, 0.15) is 5.75 Å². The number of rotatable bonds is 3. The van der Waals surface area contributed by atoms with E-state index >= 15 is 0 Å². The van der Waals surface area contributed by atoms with Crippen molar-refractivity contribution in [3.8, 4) is 5.75 Å². The van der Waals surface area contributed by atoms with Crippen molar-refractivity contribution in [2.24, 2.45) is 5.73 Å². The number of ether oxygens (including phenoxy) is 1. The van der Waals surface area contributed by atoms with Crippen LogP contribution in [-0.2, 0) is 0 Å². The number of piperidine rings is 1. The Hall–Kier alpha value is -1.26. The van der Waals surface area contributed by atoms with Crippen LogP contribution in [0.4, 0.5) is 0 Å². The van der Waals surface area contributed by atoms with E-state index in [1.807, 2.05) is 36.1 Å². The van der Waals surface area contributed by atoms with E-state index in [1.54, 1.807) is 0 Å². The summed E-state index contributed by atoms with van der Waals surface area (Å²) in [5, 5.41) is 0. The molecule has 1 aliphatic rings. The highest BCUT2D eigenvalue weighted by atomic mass is 35.5. The monoisotopic (exact) mass is 284 g/mol. The molecular formula is C14H21ClN2O2. The average molecular weight is 285 g/mol. The quantitative estimate of drug-likeness (QED) is 0.924. The van der Waals surface area contributed by atoms with Crippen molar-refractivity contribution in [2.45, 2.75) is 25.8 Å². The Morgan fingerprint density at radius 3 is 2.42 bits per heavy atom. The SMILES string of the molecule is CCOc1ccc(C(=O)N2CCC(N)CC2)cc1.Cl. The molecule has 4 nitrogen and oxygen atoms in total. The van der Waals surface area contributed by atoms with E-state index in [-0.39, 0.29) is 24.4 Å². The topological polar surface area (TPSA) is 55.6 Å². The predicted molar refractivity (Wildman–Crippen MR) is 78.0 cm³/mol. The van der Waals surface area contributed by atoms with Crippen molar-refractivity contribution in [1.82, 2.24) is 4.90 Å². The molecule has 0 bridgehead atoms. The van der Waals surface area contributed by atoms with Crippen molar-refractivity contribution in [3.05, 3.63) is 29.8 Å². The first-order valence-electron chi connectivity index (χ1n) is 6.48. The molecule has 0 spiro atoms. The molecule has 1 amide bonds. The van der Waals surface area contributed by atoms with Crippen molar-refractivity contribution < 1.29 is 9.53 Å². The minimum atomic E-state index is 0. The molecule has 1 aliphatic heterocycles. The number of carbonyl (C=O) groups excluding carboxylic acids is 1. The van der Waals surface area contributed by atoms with Gasteiger partial charge in [-0.1, -0.05) is 0 Å². The molecule has 0 saturated carbocycles. The second-order valence-corrected chi connectivity index (χ2v) is 4.59. The van der Waals surface area contributed by atoms with Gasteiger partial charge in [0.05, 0.1) is 6.61 Å². The van der Waals surface area contributed by atoms with Gasteiger partial charge in [-0.2, -0.15) is 0 Å². The number of carbonyl (C=O) groups is 1. The summed E-state index contributed by atoms with van der Waals surface area (Å²) in [6.45, 7) is 4.09. The van der Waals surface area contributed by atoms with Gasteiger partial charge in [0.2, 0.25) is 0 Å². The highest BCUT2D eigenvalue weighted by Gasteiger charge is 2.21. The Morgan fingerprint density at radius 2 is 1.89 bits per heavy atom. The molecule has 1 aromatic carbocycles. The molecule has 19 heavy (non-hydrogen) atoms. The minimum absolute atomic E-state index is 0. The number of hydrogen-bond donors (Lipinski definition) is 1. The normalized spacial score (nSPS) is 15.8. The summed E-state index contributed by atoms with van der Waals surface area (Å²) in [6, 6.07) is 7.57. The summed E-state index contributed by atoms with van der Waals surface area (Å²) >= 11 is 0. The Labute approximate surface area is 120 Å². The highest BCUT2D eigenvalue weighted by molar-refractivity contribution is 5.94. The van der Waals surface area contributed by atoms with Crippen LogP contribution in [-0.4, -0.2) is 36.5 Å². The van der Waals surface area contributed by atoms with Gasteiger partial charge < -0.3 is 15.4 Å². The lowest BCUT2D eigenvalue weighted by molar-refractivity contribution is 0.0714. The fourth-order valence-corrected chi connectivity index (χ4v) is 2.15. The summed E-state index contributed by atoms with van der Waals surface area (Å²) in [6.07, 6.45) is 1.78. The van der Waals surface area contributed by atoms with Gasteiger partial charge >= 0.3 is 0 Å². The third kappa shape index (κ3) is 4.11. The zero-order valence-electron chi connectivity index (χ0n) is 11.2. The van der Waals surface area contributed by atoms with Gasteiger partial charge in [-0.15, -0.1) is 12.4 Å². The molecule has 1 heterocycles. The van der Waals surface area contributed by atoms with Crippen LogP contribution in [0, 0.1) is 0 Å². The largest absolute Gasteiger partial charge is 0.494 e. The summed E-state index contributed by atoms with van der Waals surface area (Å²) in [4.78, 5) is 14.1. The number of benzene rings is 1. The molecule has 0 aliphatic carbocycles. The first-order chi connectivity index (χ1) is 8.70. The lowest BCUT2D eigenvalue weighted by Crippen LogP contribution is -2.42. The lowest BCUT2D eigenvalue weighted by atomic mass is 10.0. The van der Waals surface area contributed by atoms with Crippen LogP contribution >= 0.6 is 12.4 Å². The van der Waals surface area contributed by atoms with Crippen LogP contribution in [0.15, 0.2) is 24.3 Å². The lowest BCUT2D eigenvalue weighted by Gasteiger charge is -2.30. The Morgan fingerprint density at radius 1 is 1.32 bits per heavy atom. The van der Waals surface area contributed by atoms with Crippen LogP contribution in [0.1, 0.15) is 30.1 Å². The average Bonchev–Trinajstić information content (AvgIpc) is 2.40. The number of nitrogens with two attached hydrogens (primary N) is 1. The second-order valence-electron chi connectivity index (χ2n) is 4.59. The second kappa shape index (κ2) is 7.36. The zero-order valence-corrected chi connectivity index (χ0v) is 12.0. The van der Waals surface area contributed by atoms with E-state index in [4.69, 9.17) is 10.5 Å². The van der Waals surface area contributed by atoms with Crippen molar-refractivity contribution in [1.29, 1.82) is 0 Å². The van der Waals surface area contributed by atoms with Crippen molar-refractivity contribution in [3.63, 3.8) is 0 Å². The van der Waals surface area contributed by atoms with Crippen LogP contribution in [0.5, 0.6) is 5.75 Å². The summed E-state index contributed by atoms with van der Waals surface area (Å²) in [5.41, 5.74) is 6.55. The van der Waals surface area contributed by atoms with Crippen LogP contribution in [0.25, 0.3) is 0 Å². The van der Waals surface area contributed by atoms with Crippen molar-refractivity contribution in [2.75, 3.05) is 19.7 Å². The predicted octanol–water partition coefficient (Wildman–Crippen LogP) is 2.07. The Bertz CT molecular complexity index is 400. The summed E-state index contributed by atoms with van der Waals surface area (Å²) < 4.78 is 5.36. The van der Waals surface area contributed by atoms with E-state index in [9.17, 15) is 4.79 Å². The Balaban J connectivity index is 0.00000180. The number of hydrogen-bond acceptors (Lipinski definition) is 3. The van der Waals surface area contributed by atoms with Crippen LogP contribution in [0.3, 0.4) is 0 Å². The zero-order chi connectivity index (χ0) is 13.0.